The molecular weight excluding hydrogens is 330 g/mol. The molecule has 1 aliphatic heterocycles. The molecule has 0 bridgehead atoms. The third-order valence-corrected chi connectivity index (χ3v) is 5.05. The molecule has 0 saturated carbocycles. The van der Waals surface area contributed by atoms with E-state index in [1.165, 1.54) is 0 Å². The van der Waals surface area contributed by atoms with E-state index in [2.05, 4.69) is 10.2 Å². The number of β-amino-alcohol motifs (C(OH)–C–C–N with tert-alkyl or cyclic N) is 1. The molecule has 0 spiro atoms. The molecule has 6 nitrogen and oxygen atoms in total. The van der Waals surface area contributed by atoms with Gasteiger partial charge in [-0.3, -0.25) is 9.89 Å². The molecule has 1 saturated heterocycles. The molecule has 0 radical (unpaired) electrons. The van der Waals surface area contributed by atoms with E-state index in [0.29, 0.717) is 32.4 Å². The normalized spacial score (nSPS) is 19.8. The summed E-state index contributed by atoms with van der Waals surface area (Å²) in [6.45, 7) is 7.00. The van der Waals surface area contributed by atoms with Gasteiger partial charge < -0.3 is 14.7 Å². The summed E-state index contributed by atoms with van der Waals surface area (Å²) < 4.78 is 5.75. The van der Waals surface area contributed by atoms with Crippen molar-refractivity contribution in [1.82, 2.24) is 15.1 Å². The molecule has 2 N–H and O–H groups in total. The molecule has 6 heteroatoms. The molecule has 1 aliphatic rings. The number of aryl methyl sites for hydroxylation is 3. The van der Waals surface area contributed by atoms with Crippen molar-refractivity contribution < 1.29 is 14.6 Å². The van der Waals surface area contributed by atoms with Crippen molar-refractivity contribution in [3.63, 3.8) is 0 Å². The van der Waals surface area contributed by atoms with Gasteiger partial charge in [0.25, 0.3) is 0 Å². The number of nitrogens with one attached hydrogen (secondary N) is 1. The van der Waals surface area contributed by atoms with Crippen molar-refractivity contribution in [3.8, 4) is 5.75 Å². The molecule has 1 amide bonds. The number of amides is 1. The Labute approximate surface area is 154 Å². The maximum absolute atomic E-state index is 12.5. The number of nitrogens with zero attached hydrogens (tertiary/aromatic N) is 2. The number of hydrogen-bond acceptors (Lipinski definition) is 4. The Hall–Kier alpha value is -2.34. The summed E-state index contributed by atoms with van der Waals surface area (Å²) in [6.07, 6.45) is 1.63. The average molecular weight is 357 g/mol. The van der Waals surface area contributed by atoms with Gasteiger partial charge in [-0.15, -0.1) is 0 Å². The van der Waals surface area contributed by atoms with Gasteiger partial charge in [0.05, 0.1) is 12.2 Å². The van der Waals surface area contributed by atoms with Gasteiger partial charge in [0.15, 0.2) is 0 Å². The monoisotopic (exact) mass is 357 g/mol. The van der Waals surface area contributed by atoms with Crippen LogP contribution in [-0.2, 0) is 11.2 Å². The molecule has 2 heterocycles. The van der Waals surface area contributed by atoms with E-state index in [0.717, 1.165) is 28.3 Å². The van der Waals surface area contributed by atoms with E-state index in [1.807, 2.05) is 45.0 Å². The van der Waals surface area contributed by atoms with E-state index in [-0.39, 0.29) is 12.5 Å². The standard InChI is InChI=1S/C20H27N3O3/c1-14-5-4-6-17(11-14)26-13-20(25)9-10-23(12-20)19(24)8-7-18-15(2)21-22-16(18)3/h4-6,11,25H,7-10,12-13H2,1-3H3,(H,21,22)/t20-/m0/s1. The highest BCUT2D eigenvalue weighted by atomic mass is 16.5. The van der Waals surface area contributed by atoms with Crippen LogP contribution in [0.1, 0.15) is 35.4 Å². The van der Waals surface area contributed by atoms with Crippen molar-refractivity contribution in [3.05, 3.63) is 46.8 Å². The quantitative estimate of drug-likeness (QED) is 0.832. The lowest BCUT2D eigenvalue weighted by Gasteiger charge is -2.23. The Kier molecular flexibility index (Phi) is 5.32. The van der Waals surface area contributed by atoms with E-state index in [4.69, 9.17) is 4.74 Å². The summed E-state index contributed by atoms with van der Waals surface area (Å²) in [4.78, 5) is 14.3. The van der Waals surface area contributed by atoms with Gasteiger partial charge in [-0.2, -0.15) is 5.10 Å². The number of rotatable bonds is 6. The maximum atomic E-state index is 12.5. The first-order valence-electron chi connectivity index (χ1n) is 9.06. The van der Waals surface area contributed by atoms with Crippen LogP contribution in [-0.4, -0.2) is 51.4 Å². The number of carbonyl (C=O) groups is 1. The Morgan fingerprint density at radius 3 is 2.88 bits per heavy atom. The summed E-state index contributed by atoms with van der Waals surface area (Å²) in [6, 6.07) is 7.75. The lowest BCUT2D eigenvalue weighted by molar-refractivity contribution is -0.131. The van der Waals surface area contributed by atoms with Gasteiger partial charge in [-0.1, -0.05) is 12.1 Å². The van der Waals surface area contributed by atoms with Crippen molar-refractivity contribution in [2.75, 3.05) is 19.7 Å². The summed E-state index contributed by atoms with van der Waals surface area (Å²) in [7, 11) is 0. The molecule has 0 unspecified atom stereocenters. The Bertz CT molecular complexity index is 767. The zero-order valence-electron chi connectivity index (χ0n) is 15.7. The number of hydrogen-bond donors (Lipinski definition) is 2. The van der Waals surface area contributed by atoms with Crippen LogP contribution in [0.4, 0.5) is 0 Å². The lowest BCUT2D eigenvalue weighted by Crippen LogP contribution is -2.40. The first-order chi connectivity index (χ1) is 12.4. The average Bonchev–Trinajstić information content (AvgIpc) is 3.15. The van der Waals surface area contributed by atoms with Crippen LogP contribution in [0.2, 0.25) is 0 Å². The number of aromatic amines is 1. The number of benzene rings is 1. The molecule has 1 aromatic heterocycles. The first kappa shape index (κ1) is 18.5. The van der Waals surface area contributed by atoms with E-state index in [1.54, 1.807) is 4.90 Å². The molecular formula is C20H27N3O3. The van der Waals surface area contributed by atoms with Crippen molar-refractivity contribution in [2.24, 2.45) is 0 Å². The van der Waals surface area contributed by atoms with Gasteiger partial charge >= 0.3 is 0 Å². The second-order valence-corrected chi connectivity index (χ2v) is 7.31. The van der Waals surface area contributed by atoms with Gasteiger partial charge in [0.1, 0.15) is 18.0 Å². The SMILES string of the molecule is Cc1cccc(OC[C@]2(O)CCN(C(=O)CCc3c(C)n[nH]c3C)C2)c1. The summed E-state index contributed by atoms with van der Waals surface area (Å²) >= 11 is 0. The number of aliphatic hydroxyl groups is 1. The summed E-state index contributed by atoms with van der Waals surface area (Å²) in [5.74, 6) is 0.811. The number of ether oxygens (including phenoxy) is 1. The molecule has 1 fully saturated rings. The zero-order chi connectivity index (χ0) is 18.7. The fraction of sp³-hybridized carbons (Fsp3) is 0.500. The van der Waals surface area contributed by atoms with Crippen LogP contribution in [0.15, 0.2) is 24.3 Å². The second kappa shape index (κ2) is 7.50. The molecule has 2 aromatic rings. The van der Waals surface area contributed by atoms with E-state index >= 15 is 0 Å². The number of H-pyrrole nitrogens is 1. The predicted octanol–water partition coefficient (Wildman–Crippen LogP) is 2.31. The predicted molar refractivity (Wildman–Crippen MR) is 99.2 cm³/mol. The fourth-order valence-electron chi connectivity index (χ4n) is 3.44. The topological polar surface area (TPSA) is 78.5 Å². The number of aromatic nitrogens is 2. The minimum atomic E-state index is -0.985. The fourth-order valence-corrected chi connectivity index (χ4v) is 3.44. The second-order valence-electron chi connectivity index (χ2n) is 7.31. The zero-order valence-corrected chi connectivity index (χ0v) is 15.7. The molecule has 26 heavy (non-hydrogen) atoms. The van der Waals surface area contributed by atoms with Crippen LogP contribution in [0.5, 0.6) is 5.75 Å². The van der Waals surface area contributed by atoms with Crippen molar-refractivity contribution in [1.29, 1.82) is 0 Å². The van der Waals surface area contributed by atoms with Crippen molar-refractivity contribution >= 4 is 5.91 Å². The minimum Gasteiger partial charge on any atom is -0.491 e. The van der Waals surface area contributed by atoms with Gasteiger partial charge in [0, 0.05) is 18.7 Å². The molecule has 1 aromatic carbocycles. The highest BCUT2D eigenvalue weighted by Crippen LogP contribution is 2.24. The van der Waals surface area contributed by atoms with Gasteiger partial charge in [0.2, 0.25) is 5.91 Å². The van der Waals surface area contributed by atoms with Crippen LogP contribution >= 0.6 is 0 Å². The van der Waals surface area contributed by atoms with Gasteiger partial charge in [-0.05, 0) is 56.9 Å². The Morgan fingerprint density at radius 1 is 1.38 bits per heavy atom. The third-order valence-electron chi connectivity index (χ3n) is 5.05. The van der Waals surface area contributed by atoms with Crippen LogP contribution in [0.3, 0.4) is 0 Å². The Balaban J connectivity index is 1.51. The van der Waals surface area contributed by atoms with E-state index in [9.17, 15) is 9.90 Å². The van der Waals surface area contributed by atoms with Crippen LogP contribution in [0, 0.1) is 20.8 Å². The molecule has 1 atom stereocenters. The third kappa shape index (κ3) is 4.25. The lowest BCUT2D eigenvalue weighted by atomic mass is 10.1. The molecule has 140 valence electrons. The Morgan fingerprint density at radius 2 is 2.19 bits per heavy atom. The first-order valence-corrected chi connectivity index (χ1v) is 9.06. The summed E-state index contributed by atoms with van der Waals surface area (Å²) in [5, 5.41) is 17.9. The molecule has 0 aliphatic carbocycles. The van der Waals surface area contributed by atoms with Crippen LogP contribution in [0.25, 0.3) is 0 Å². The largest absolute Gasteiger partial charge is 0.491 e. The van der Waals surface area contributed by atoms with Crippen molar-refractivity contribution in [2.45, 2.75) is 45.6 Å². The van der Waals surface area contributed by atoms with E-state index < -0.39 is 5.60 Å². The maximum Gasteiger partial charge on any atom is 0.223 e. The minimum absolute atomic E-state index is 0.0662. The number of likely N-dealkylation sites (tertiary alicyclic amines) is 1. The number of carbonyl (C=O) groups excluding carboxylic acids is 1. The smallest absolute Gasteiger partial charge is 0.223 e. The van der Waals surface area contributed by atoms with Gasteiger partial charge in [-0.25, -0.2) is 0 Å². The van der Waals surface area contributed by atoms with Crippen LogP contribution < -0.4 is 4.74 Å². The summed E-state index contributed by atoms with van der Waals surface area (Å²) in [5.41, 5.74) is 3.19. The highest BCUT2D eigenvalue weighted by Gasteiger charge is 2.38. The molecule has 3 rings (SSSR count). The highest BCUT2D eigenvalue weighted by molar-refractivity contribution is 5.77.